The number of phosphoric acid groups is 2. The highest BCUT2D eigenvalue weighted by molar-refractivity contribution is 7.47. The highest BCUT2D eigenvalue weighted by Gasteiger charge is 2.30. The highest BCUT2D eigenvalue weighted by atomic mass is 31.2. The third kappa shape index (κ3) is 74.1. The Labute approximate surface area is 607 Å². The largest absolute Gasteiger partial charge is 0.472 e. The summed E-state index contributed by atoms with van der Waals surface area (Å²) in [6.45, 7) is 11.9. The topological polar surface area (TPSA) is 237 Å². The van der Waals surface area contributed by atoms with Gasteiger partial charge in [0.1, 0.15) is 19.3 Å². The van der Waals surface area contributed by atoms with E-state index in [4.69, 9.17) is 37.0 Å². The van der Waals surface area contributed by atoms with Crippen molar-refractivity contribution in [1.29, 1.82) is 0 Å². The monoisotopic (exact) mass is 1450 g/mol. The van der Waals surface area contributed by atoms with Crippen molar-refractivity contribution in [2.24, 2.45) is 17.8 Å². The summed E-state index contributed by atoms with van der Waals surface area (Å²) >= 11 is 0. The lowest BCUT2D eigenvalue weighted by molar-refractivity contribution is -0.161. The number of rotatable bonds is 78. The fourth-order valence-electron chi connectivity index (χ4n) is 12.3. The van der Waals surface area contributed by atoms with Crippen molar-refractivity contribution < 1.29 is 80.2 Å². The molecule has 0 saturated heterocycles. The quantitative estimate of drug-likeness (QED) is 0.0222. The van der Waals surface area contributed by atoms with Crippen LogP contribution in [0.15, 0.2) is 0 Å². The van der Waals surface area contributed by atoms with E-state index in [1.165, 1.54) is 218 Å². The van der Waals surface area contributed by atoms with E-state index in [-0.39, 0.29) is 25.7 Å². The maximum absolute atomic E-state index is 13.1. The normalized spacial score (nSPS) is 14.0. The van der Waals surface area contributed by atoms with Crippen LogP contribution in [0.2, 0.25) is 0 Å². The molecule has 0 aliphatic rings. The Morgan fingerprint density at radius 1 is 0.273 bits per heavy atom. The predicted octanol–water partition coefficient (Wildman–Crippen LogP) is 23.7. The van der Waals surface area contributed by atoms with Crippen LogP contribution in [0, 0.1) is 17.8 Å². The molecule has 17 nitrogen and oxygen atoms in total. The summed E-state index contributed by atoms with van der Waals surface area (Å²) in [5, 5.41) is 10.6. The SMILES string of the molecule is CCCCCCCCCCCCCCCCCCCCCCC(=O)O[C@H](COC(=O)CCCCCCCCCCCCCCC(C)C)COP(=O)(O)OC[C@@H](O)COP(=O)(O)OC[C@@H](COC(=O)CCCCCCCCC(C)C)OC(=O)CCCCCCCCCCCCCCC(C)C. The van der Waals surface area contributed by atoms with E-state index < -0.39 is 97.5 Å². The van der Waals surface area contributed by atoms with E-state index in [9.17, 15) is 43.2 Å². The smallest absolute Gasteiger partial charge is 0.462 e. The van der Waals surface area contributed by atoms with Crippen molar-refractivity contribution >= 4 is 39.5 Å². The summed E-state index contributed by atoms with van der Waals surface area (Å²) in [5.74, 6) is 0.123. The lowest BCUT2D eigenvalue weighted by Crippen LogP contribution is -2.30. The predicted molar refractivity (Wildman–Crippen MR) is 405 cm³/mol. The Hall–Kier alpha value is -1.94. The molecule has 0 aromatic heterocycles. The van der Waals surface area contributed by atoms with Crippen LogP contribution in [-0.4, -0.2) is 96.7 Å². The lowest BCUT2D eigenvalue weighted by Gasteiger charge is -2.21. The molecule has 0 fully saturated rings. The van der Waals surface area contributed by atoms with Gasteiger partial charge in [0.25, 0.3) is 0 Å². The van der Waals surface area contributed by atoms with Gasteiger partial charge in [0.2, 0.25) is 0 Å². The van der Waals surface area contributed by atoms with Gasteiger partial charge in [-0.15, -0.1) is 0 Å². The minimum absolute atomic E-state index is 0.106. The van der Waals surface area contributed by atoms with Crippen LogP contribution in [0.25, 0.3) is 0 Å². The number of carbonyl (C=O) groups excluding carboxylic acids is 4. The number of hydrogen-bond donors (Lipinski definition) is 3. The molecular weight excluding hydrogens is 1290 g/mol. The first kappa shape index (κ1) is 97.1. The fraction of sp³-hybridized carbons (Fsp3) is 0.950. The summed E-state index contributed by atoms with van der Waals surface area (Å²) in [6.07, 6.45) is 58.5. The first-order valence-corrected chi connectivity index (χ1v) is 44.3. The third-order valence-electron chi connectivity index (χ3n) is 18.6. The van der Waals surface area contributed by atoms with Crippen LogP contribution in [-0.2, 0) is 65.4 Å². The number of phosphoric ester groups is 2. The first-order valence-electron chi connectivity index (χ1n) is 41.3. The average molecular weight is 1450 g/mol. The van der Waals surface area contributed by atoms with Gasteiger partial charge in [-0.05, 0) is 43.4 Å². The number of esters is 4. The maximum atomic E-state index is 13.1. The molecule has 0 rings (SSSR count). The third-order valence-corrected chi connectivity index (χ3v) is 20.5. The van der Waals surface area contributed by atoms with Crippen molar-refractivity contribution in [3.8, 4) is 0 Å². The molecule has 0 bridgehead atoms. The summed E-state index contributed by atoms with van der Waals surface area (Å²) in [4.78, 5) is 72.9. The molecular formula is C80H156O17P2. The van der Waals surface area contributed by atoms with Crippen LogP contribution < -0.4 is 0 Å². The molecule has 0 aromatic rings. The number of aliphatic hydroxyl groups excluding tert-OH is 1. The van der Waals surface area contributed by atoms with E-state index in [0.717, 1.165) is 108 Å². The van der Waals surface area contributed by atoms with E-state index in [0.29, 0.717) is 31.6 Å². The second-order valence-corrected chi connectivity index (χ2v) is 33.1. The van der Waals surface area contributed by atoms with Crippen LogP contribution in [0.5, 0.6) is 0 Å². The minimum Gasteiger partial charge on any atom is -0.462 e. The first-order chi connectivity index (χ1) is 47.7. The van der Waals surface area contributed by atoms with Gasteiger partial charge in [-0.2, -0.15) is 0 Å². The molecule has 0 spiro atoms. The van der Waals surface area contributed by atoms with Crippen LogP contribution in [0.4, 0.5) is 0 Å². The van der Waals surface area contributed by atoms with Gasteiger partial charge in [-0.3, -0.25) is 37.3 Å². The van der Waals surface area contributed by atoms with Crippen molar-refractivity contribution in [1.82, 2.24) is 0 Å². The minimum atomic E-state index is -4.96. The van der Waals surface area contributed by atoms with Crippen molar-refractivity contribution in [3.05, 3.63) is 0 Å². The van der Waals surface area contributed by atoms with E-state index >= 15 is 0 Å². The molecule has 0 heterocycles. The lowest BCUT2D eigenvalue weighted by atomic mass is 10.0. The molecule has 0 amide bonds. The van der Waals surface area contributed by atoms with Gasteiger partial charge >= 0.3 is 39.5 Å². The van der Waals surface area contributed by atoms with Gasteiger partial charge in [0, 0.05) is 25.7 Å². The van der Waals surface area contributed by atoms with Gasteiger partial charge in [-0.25, -0.2) is 9.13 Å². The molecule has 0 saturated carbocycles. The zero-order chi connectivity index (χ0) is 73.0. The van der Waals surface area contributed by atoms with Crippen molar-refractivity contribution in [2.75, 3.05) is 39.6 Å². The number of unbranched alkanes of at least 4 members (excludes halogenated alkanes) is 46. The van der Waals surface area contributed by atoms with Gasteiger partial charge in [0.15, 0.2) is 12.2 Å². The standard InChI is InChI=1S/C80H156O17P2/c1-8-9-10-11-12-13-14-15-16-17-18-19-20-21-22-30-35-40-49-56-63-79(84)96-75(67-90-77(82)61-54-47-39-34-29-25-23-27-32-37-44-51-58-71(2)3)69-94-98(86,87)92-65-74(81)66-93-99(88,89)95-70-76(68-91-78(83)62-55-48-43-42-46-53-60-73(6)7)97-80(85)64-57-50-41-36-31-26-24-28-33-38-45-52-59-72(4)5/h71-76,81H,8-70H2,1-7H3,(H,86,87)(H,88,89)/t74-,75-,76-/m1/s1. The summed E-state index contributed by atoms with van der Waals surface area (Å²) < 4.78 is 68.6. The Balaban J connectivity index is 5.22. The maximum Gasteiger partial charge on any atom is 0.472 e. The second kappa shape index (κ2) is 70.4. The van der Waals surface area contributed by atoms with Gasteiger partial charge in [-0.1, -0.05) is 363 Å². The molecule has 5 atom stereocenters. The zero-order valence-electron chi connectivity index (χ0n) is 65.0. The van der Waals surface area contributed by atoms with Crippen molar-refractivity contribution in [3.63, 3.8) is 0 Å². The fourth-order valence-corrected chi connectivity index (χ4v) is 13.9. The van der Waals surface area contributed by atoms with Gasteiger partial charge < -0.3 is 33.8 Å². The highest BCUT2D eigenvalue weighted by Crippen LogP contribution is 2.45. The molecule has 2 unspecified atom stereocenters. The molecule has 0 aliphatic heterocycles. The van der Waals surface area contributed by atoms with E-state index in [1.807, 2.05) is 0 Å². The molecule has 0 aliphatic carbocycles. The number of carbonyl (C=O) groups is 4. The van der Waals surface area contributed by atoms with Crippen LogP contribution >= 0.6 is 15.6 Å². The number of ether oxygens (including phenoxy) is 4. The second-order valence-electron chi connectivity index (χ2n) is 30.2. The van der Waals surface area contributed by atoms with E-state index in [2.05, 4.69) is 48.5 Å². The summed E-state index contributed by atoms with van der Waals surface area (Å²) in [6, 6.07) is 0. The number of aliphatic hydroxyl groups is 1. The Bertz CT molecular complexity index is 1920. The van der Waals surface area contributed by atoms with Gasteiger partial charge in [0.05, 0.1) is 26.4 Å². The summed E-state index contributed by atoms with van der Waals surface area (Å²) in [5.41, 5.74) is 0. The molecule has 0 radical (unpaired) electrons. The van der Waals surface area contributed by atoms with Crippen LogP contribution in [0.1, 0.15) is 414 Å². The average Bonchev–Trinajstić information content (AvgIpc) is 1.08. The molecule has 99 heavy (non-hydrogen) atoms. The van der Waals surface area contributed by atoms with E-state index in [1.54, 1.807) is 0 Å². The van der Waals surface area contributed by atoms with Crippen LogP contribution in [0.3, 0.4) is 0 Å². The summed E-state index contributed by atoms with van der Waals surface area (Å²) in [7, 11) is -9.92. The molecule has 588 valence electrons. The zero-order valence-corrected chi connectivity index (χ0v) is 66.8. The number of hydrogen-bond acceptors (Lipinski definition) is 15. The van der Waals surface area contributed by atoms with Crippen molar-refractivity contribution in [2.45, 2.75) is 433 Å². The Morgan fingerprint density at radius 2 is 0.465 bits per heavy atom. The molecule has 0 aromatic carbocycles. The Morgan fingerprint density at radius 3 is 0.687 bits per heavy atom. The molecule has 19 heteroatoms. The Kier molecular flexibility index (Phi) is 69.0. The molecule has 3 N–H and O–H groups in total.